The minimum atomic E-state index is -0.319. The van der Waals surface area contributed by atoms with Gasteiger partial charge in [-0.05, 0) is 38.5 Å². The quantitative estimate of drug-likeness (QED) is 0.871. The number of anilines is 2. The Morgan fingerprint density at radius 2 is 2.11 bits per heavy atom. The Bertz CT molecular complexity index is 418. The highest BCUT2D eigenvalue weighted by atomic mass is 19.1. The Kier molecular flexibility index (Phi) is 5.13. The predicted octanol–water partition coefficient (Wildman–Crippen LogP) is 3.41. The summed E-state index contributed by atoms with van der Waals surface area (Å²) in [5, 5.41) is 2.68. The van der Waals surface area contributed by atoms with Crippen LogP contribution in [0.1, 0.15) is 33.6 Å². The molecule has 0 spiro atoms. The number of halogens is 1. The van der Waals surface area contributed by atoms with E-state index in [-0.39, 0.29) is 17.8 Å². The van der Waals surface area contributed by atoms with Crippen LogP contribution in [0, 0.1) is 5.82 Å². The number of hydrogen-bond donors (Lipinski definition) is 1. The molecule has 100 valence electrons. The summed E-state index contributed by atoms with van der Waals surface area (Å²) in [7, 11) is 1.85. The molecule has 0 saturated heterocycles. The van der Waals surface area contributed by atoms with Gasteiger partial charge in [-0.3, -0.25) is 4.79 Å². The molecule has 3 nitrogen and oxygen atoms in total. The van der Waals surface area contributed by atoms with Crippen LogP contribution >= 0.6 is 0 Å². The lowest BCUT2D eigenvalue weighted by Crippen LogP contribution is -2.26. The van der Waals surface area contributed by atoms with Crippen LogP contribution in [-0.4, -0.2) is 19.0 Å². The predicted molar refractivity (Wildman–Crippen MR) is 73.5 cm³/mol. The van der Waals surface area contributed by atoms with Crippen molar-refractivity contribution in [2.75, 3.05) is 17.3 Å². The first kappa shape index (κ1) is 14.5. The van der Waals surface area contributed by atoms with Crippen LogP contribution in [0.4, 0.5) is 15.8 Å². The molecule has 0 unspecified atom stereocenters. The Balaban J connectivity index is 2.82. The van der Waals surface area contributed by atoms with E-state index in [9.17, 15) is 9.18 Å². The molecular weight excluding hydrogens is 231 g/mol. The maximum Gasteiger partial charge on any atom is 0.224 e. The molecule has 1 aromatic carbocycles. The molecule has 0 fully saturated rings. The van der Waals surface area contributed by atoms with Crippen LogP contribution in [0.3, 0.4) is 0 Å². The zero-order chi connectivity index (χ0) is 13.7. The van der Waals surface area contributed by atoms with Gasteiger partial charge in [0.15, 0.2) is 0 Å². The van der Waals surface area contributed by atoms with Gasteiger partial charge in [-0.15, -0.1) is 0 Å². The molecule has 1 aromatic rings. The van der Waals surface area contributed by atoms with Gasteiger partial charge in [0.2, 0.25) is 5.91 Å². The van der Waals surface area contributed by atoms with Crippen LogP contribution in [-0.2, 0) is 4.79 Å². The van der Waals surface area contributed by atoms with Crippen molar-refractivity contribution in [3.8, 4) is 0 Å². The van der Waals surface area contributed by atoms with Gasteiger partial charge in [0.05, 0.1) is 5.69 Å². The number of amides is 1. The van der Waals surface area contributed by atoms with E-state index in [2.05, 4.69) is 5.32 Å². The molecule has 4 heteroatoms. The van der Waals surface area contributed by atoms with E-state index in [0.29, 0.717) is 17.8 Å². The molecule has 0 heterocycles. The molecule has 0 aliphatic rings. The van der Waals surface area contributed by atoms with E-state index < -0.39 is 0 Å². The maximum atomic E-state index is 13.9. The average molecular weight is 252 g/mol. The van der Waals surface area contributed by atoms with Gasteiger partial charge >= 0.3 is 0 Å². The second kappa shape index (κ2) is 6.38. The van der Waals surface area contributed by atoms with E-state index in [1.54, 1.807) is 12.1 Å². The largest absolute Gasteiger partial charge is 0.370 e. The first-order valence-corrected chi connectivity index (χ1v) is 6.28. The zero-order valence-corrected chi connectivity index (χ0v) is 11.5. The minimum Gasteiger partial charge on any atom is -0.370 e. The molecule has 0 radical (unpaired) electrons. The summed E-state index contributed by atoms with van der Waals surface area (Å²) in [4.78, 5) is 13.3. The molecule has 1 amide bonds. The Hall–Kier alpha value is -1.58. The second-order valence-corrected chi connectivity index (χ2v) is 4.67. The van der Waals surface area contributed by atoms with Gasteiger partial charge in [-0.1, -0.05) is 6.92 Å². The summed E-state index contributed by atoms with van der Waals surface area (Å²) >= 11 is 0. The lowest BCUT2D eigenvalue weighted by atomic mass is 10.2. The lowest BCUT2D eigenvalue weighted by molar-refractivity contribution is -0.116. The van der Waals surface area contributed by atoms with Crippen molar-refractivity contribution in [1.82, 2.24) is 0 Å². The molecule has 1 rings (SSSR count). The van der Waals surface area contributed by atoms with E-state index in [1.807, 2.05) is 32.7 Å². The fourth-order valence-electron chi connectivity index (χ4n) is 1.60. The van der Waals surface area contributed by atoms with Crippen molar-refractivity contribution in [2.24, 2.45) is 0 Å². The van der Waals surface area contributed by atoms with E-state index in [1.165, 1.54) is 6.07 Å². The van der Waals surface area contributed by atoms with Crippen molar-refractivity contribution < 1.29 is 9.18 Å². The monoisotopic (exact) mass is 252 g/mol. The summed E-state index contributed by atoms with van der Waals surface area (Å²) < 4.78 is 13.9. The number of nitrogens with zero attached hydrogens (tertiary/aromatic N) is 1. The molecule has 18 heavy (non-hydrogen) atoms. The summed E-state index contributed by atoms with van der Waals surface area (Å²) in [6, 6.07) is 5.00. The normalized spacial score (nSPS) is 10.6. The fraction of sp³-hybridized carbons (Fsp3) is 0.500. The van der Waals surface area contributed by atoms with Crippen LogP contribution in [0.5, 0.6) is 0 Å². The van der Waals surface area contributed by atoms with Gasteiger partial charge in [-0.2, -0.15) is 0 Å². The fourth-order valence-corrected chi connectivity index (χ4v) is 1.60. The van der Waals surface area contributed by atoms with Gasteiger partial charge in [0.25, 0.3) is 0 Å². The third-order valence-corrected chi connectivity index (χ3v) is 2.86. The molecule has 0 aliphatic heterocycles. The molecule has 1 N–H and O–H groups in total. The highest BCUT2D eigenvalue weighted by molar-refractivity contribution is 5.90. The van der Waals surface area contributed by atoms with E-state index in [4.69, 9.17) is 0 Å². The van der Waals surface area contributed by atoms with Gasteiger partial charge in [0, 0.05) is 25.2 Å². The van der Waals surface area contributed by atoms with E-state index >= 15 is 0 Å². The van der Waals surface area contributed by atoms with Gasteiger partial charge < -0.3 is 10.2 Å². The Morgan fingerprint density at radius 3 is 2.61 bits per heavy atom. The maximum absolute atomic E-state index is 13.9. The second-order valence-electron chi connectivity index (χ2n) is 4.67. The zero-order valence-electron chi connectivity index (χ0n) is 11.5. The van der Waals surface area contributed by atoms with Crippen LogP contribution in [0.2, 0.25) is 0 Å². The highest BCUT2D eigenvalue weighted by Gasteiger charge is 2.11. The average Bonchev–Trinajstić information content (AvgIpc) is 2.28. The third-order valence-electron chi connectivity index (χ3n) is 2.86. The summed E-state index contributed by atoms with van der Waals surface area (Å²) in [5.74, 6) is -0.401. The molecule has 0 atom stereocenters. The number of nitrogens with one attached hydrogen (secondary N) is 1. The summed E-state index contributed by atoms with van der Waals surface area (Å²) in [5.41, 5.74) is 1.05. The number of carbonyl (C=O) groups is 1. The molecule has 0 aliphatic carbocycles. The van der Waals surface area contributed by atoms with Gasteiger partial charge in [-0.25, -0.2) is 4.39 Å². The molecule has 0 aromatic heterocycles. The Morgan fingerprint density at radius 1 is 1.44 bits per heavy atom. The van der Waals surface area contributed by atoms with E-state index in [0.717, 1.165) is 6.42 Å². The molecular formula is C14H21FN2O. The minimum absolute atomic E-state index is 0.0816. The van der Waals surface area contributed by atoms with Crippen LogP contribution in [0.25, 0.3) is 0 Å². The highest BCUT2D eigenvalue weighted by Crippen LogP contribution is 2.23. The summed E-state index contributed by atoms with van der Waals surface area (Å²) in [6.45, 7) is 5.92. The molecule has 0 saturated carbocycles. The smallest absolute Gasteiger partial charge is 0.224 e. The van der Waals surface area contributed by atoms with Crippen LogP contribution in [0.15, 0.2) is 18.2 Å². The SMILES string of the molecule is CCCC(=O)Nc1ccc(N(C)C(C)C)c(F)c1. The standard InChI is InChI=1S/C14H21FN2O/c1-5-6-14(18)16-11-7-8-13(12(15)9-11)17(4)10(2)3/h7-10H,5-6H2,1-4H3,(H,16,18). The van der Waals surface area contributed by atoms with Crippen molar-refractivity contribution in [3.05, 3.63) is 24.0 Å². The van der Waals surface area contributed by atoms with Crippen molar-refractivity contribution in [3.63, 3.8) is 0 Å². The first-order valence-electron chi connectivity index (χ1n) is 6.28. The summed E-state index contributed by atoms with van der Waals surface area (Å²) in [6.07, 6.45) is 1.23. The third kappa shape index (κ3) is 3.72. The van der Waals surface area contributed by atoms with Gasteiger partial charge in [0.1, 0.15) is 5.82 Å². The Labute approximate surface area is 108 Å². The number of carbonyl (C=O) groups excluding carboxylic acids is 1. The lowest BCUT2D eigenvalue weighted by Gasteiger charge is -2.24. The van der Waals surface area contributed by atoms with Crippen molar-refractivity contribution in [2.45, 2.75) is 39.7 Å². The molecule has 0 bridgehead atoms. The number of rotatable bonds is 5. The number of benzene rings is 1. The first-order chi connectivity index (χ1) is 8.45. The van der Waals surface area contributed by atoms with Crippen LogP contribution < -0.4 is 10.2 Å². The topological polar surface area (TPSA) is 32.3 Å². The number of hydrogen-bond acceptors (Lipinski definition) is 2. The van der Waals surface area contributed by atoms with Crippen molar-refractivity contribution >= 4 is 17.3 Å². The van der Waals surface area contributed by atoms with Crippen molar-refractivity contribution in [1.29, 1.82) is 0 Å².